The molecule has 3 rings (SSSR count). The second-order valence-corrected chi connectivity index (χ2v) is 6.56. The third kappa shape index (κ3) is 4.32. The van der Waals surface area contributed by atoms with Gasteiger partial charge in [0.1, 0.15) is 11.6 Å². The number of carbonyl (C=O) groups excluding carboxylic acids is 1. The topological polar surface area (TPSA) is 46.0 Å². The highest BCUT2D eigenvalue weighted by Gasteiger charge is 2.29. The zero-order chi connectivity index (χ0) is 18.5. The molecule has 2 aromatic carbocycles. The average molecular weight is 358 g/mol. The van der Waals surface area contributed by atoms with Gasteiger partial charge in [-0.05, 0) is 55.5 Å². The second kappa shape index (κ2) is 8.19. The highest BCUT2D eigenvalue weighted by atomic mass is 19.1. The monoisotopic (exact) mass is 358 g/mol. The number of carbonyl (C=O) groups is 1. The Balaban J connectivity index is 1.53. The molecule has 1 saturated heterocycles. The molecule has 2 aromatic rings. The molecule has 1 heterocycles. The van der Waals surface area contributed by atoms with Crippen molar-refractivity contribution in [2.75, 3.05) is 43.5 Å². The van der Waals surface area contributed by atoms with E-state index >= 15 is 0 Å². The number of halogens is 1. The lowest BCUT2D eigenvalue weighted by Gasteiger charge is -2.36. The molecule has 2 N–H and O–H groups in total. The van der Waals surface area contributed by atoms with E-state index in [1.807, 2.05) is 19.1 Å². The number of rotatable bonds is 5. The fourth-order valence-electron chi connectivity index (χ4n) is 3.25. The molecule has 138 valence electrons. The van der Waals surface area contributed by atoms with Crippen LogP contribution in [-0.2, 0) is 4.79 Å². The number of anilines is 2. The summed E-state index contributed by atoms with van der Waals surface area (Å²) in [6.45, 7) is 5.52. The first kappa shape index (κ1) is 18.2. The van der Waals surface area contributed by atoms with Gasteiger partial charge in [-0.15, -0.1) is 0 Å². The van der Waals surface area contributed by atoms with Crippen molar-refractivity contribution in [3.8, 4) is 5.75 Å². The van der Waals surface area contributed by atoms with Crippen LogP contribution in [0.15, 0.2) is 48.5 Å². The highest BCUT2D eigenvalue weighted by Crippen LogP contribution is 2.19. The Kier molecular flexibility index (Phi) is 5.73. The Morgan fingerprint density at radius 2 is 1.73 bits per heavy atom. The number of nitrogens with zero attached hydrogens (tertiary/aromatic N) is 1. The van der Waals surface area contributed by atoms with Crippen LogP contribution in [0.2, 0.25) is 0 Å². The molecule has 1 atom stereocenters. The first-order valence-corrected chi connectivity index (χ1v) is 8.87. The van der Waals surface area contributed by atoms with Crippen LogP contribution in [0.5, 0.6) is 5.75 Å². The summed E-state index contributed by atoms with van der Waals surface area (Å²) in [6, 6.07) is 13.8. The minimum Gasteiger partial charge on any atom is -0.497 e. The lowest BCUT2D eigenvalue weighted by molar-refractivity contribution is -0.914. The average Bonchev–Trinajstić information content (AvgIpc) is 2.69. The normalized spacial score (nSPS) is 16.2. The summed E-state index contributed by atoms with van der Waals surface area (Å²) in [4.78, 5) is 16.1. The van der Waals surface area contributed by atoms with E-state index in [9.17, 15) is 9.18 Å². The molecular weight excluding hydrogens is 333 g/mol. The van der Waals surface area contributed by atoms with Gasteiger partial charge in [0.15, 0.2) is 6.04 Å². The van der Waals surface area contributed by atoms with Crippen molar-refractivity contribution in [1.82, 2.24) is 0 Å². The van der Waals surface area contributed by atoms with E-state index in [1.165, 1.54) is 22.7 Å². The zero-order valence-electron chi connectivity index (χ0n) is 15.2. The molecule has 0 radical (unpaired) electrons. The van der Waals surface area contributed by atoms with Crippen molar-refractivity contribution in [3.63, 3.8) is 0 Å². The summed E-state index contributed by atoms with van der Waals surface area (Å²) in [7, 11) is 1.66. The minimum absolute atomic E-state index is 0.0375. The quantitative estimate of drug-likeness (QED) is 0.853. The predicted molar refractivity (Wildman–Crippen MR) is 100 cm³/mol. The van der Waals surface area contributed by atoms with Crippen molar-refractivity contribution < 1.29 is 18.8 Å². The number of piperazine rings is 1. The number of amides is 1. The maximum atomic E-state index is 13.0. The van der Waals surface area contributed by atoms with Crippen LogP contribution >= 0.6 is 0 Å². The Morgan fingerprint density at radius 3 is 2.31 bits per heavy atom. The lowest BCUT2D eigenvalue weighted by atomic mass is 10.2. The fourth-order valence-corrected chi connectivity index (χ4v) is 3.25. The Labute approximate surface area is 153 Å². The first-order valence-electron chi connectivity index (χ1n) is 8.87. The van der Waals surface area contributed by atoms with Gasteiger partial charge in [-0.2, -0.15) is 0 Å². The summed E-state index contributed by atoms with van der Waals surface area (Å²) in [5, 5.41) is 2.87. The number of quaternary nitrogens is 1. The molecule has 0 spiro atoms. The fraction of sp³-hybridized carbons (Fsp3) is 0.350. The van der Waals surface area contributed by atoms with Gasteiger partial charge in [-0.3, -0.25) is 4.79 Å². The molecule has 0 unspecified atom stereocenters. The van der Waals surface area contributed by atoms with Gasteiger partial charge in [0.2, 0.25) is 0 Å². The van der Waals surface area contributed by atoms with E-state index in [4.69, 9.17) is 4.74 Å². The molecular formula is C20H25FN3O2+. The maximum absolute atomic E-state index is 13.0. The van der Waals surface area contributed by atoms with Crippen LogP contribution in [0.25, 0.3) is 0 Å². The standard InChI is InChI=1S/C20H24FN3O2/c1-15(20(25)22-17-5-3-16(21)4-6-17)23-11-13-24(14-12-23)18-7-9-19(26-2)10-8-18/h3-10,15H,11-14H2,1-2H3,(H,22,25)/p+1/t15-/m1/s1. The predicted octanol–water partition coefficient (Wildman–Crippen LogP) is 1.57. The lowest BCUT2D eigenvalue weighted by Crippen LogP contribution is -3.19. The number of methoxy groups -OCH3 is 1. The van der Waals surface area contributed by atoms with Crippen LogP contribution in [0.3, 0.4) is 0 Å². The molecule has 0 aliphatic carbocycles. The SMILES string of the molecule is COc1ccc(N2CC[NH+]([C@H](C)C(=O)Nc3ccc(F)cc3)CC2)cc1. The summed E-state index contributed by atoms with van der Waals surface area (Å²) in [6.07, 6.45) is 0. The molecule has 0 aromatic heterocycles. The number of ether oxygens (including phenoxy) is 1. The number of benzene rings is 2. The molecule has 0 bridgehead atoms. The van der Waals surface area contributed by atoms with E-state index in [2.05, 4.69) is 22.3 Å². The van der Waals surface area contributed by atoms with Crippen molar-refractivity contribution >= 4 is 17.3 Å². The zero-order valence-corrected chi connectivity index (χ0v) is 15.2. The second-order valence-electron chi connectivity index (χ2n) is 6.56. The van der Waals surface area contributed by atoms with Crippen LogP contribution < -0.4 is 19.9 Å². The Bertz CT molecular complexity index is 726. The smallest absolute Gasteiger partial charge is 0.282 e. The summed E-state index contributed by atoms with van der Waals surface area (Å²) < 4.78 is 18.2. The van der Waals surface area contributed by atoms with Crippen molar-refractivity contribution in [1.29, 1.82) is 0 Å². The molecule has 5 nitrogen and oxygen atoms in total. The van der Waals surface area contributed by atoms with E-state index < -0.39 is 0 Å². The van der Waals surface area contributed by atoms with E-state index in [0.29, 0.717) is 5.69 Å². The van der Waals surface area contributed by atoms with Crippen LogP contribution in [0.1, 0.15) is 6.92 Å². The molecule has 1 amide bonds. The van der Waals surface area contributed by atoms with Gasteiger partial charge in [-0.25, -0.2) is 4.39 Å². The molecule has 1 fully saturated rings. The van der Waals surface area contributed by atoms with Crippen molar-refractivity contribution in [2.24, 2.45) is 0 Å². The number of nitrogens with one attached hydrogen (secondary N) is 2. The van der Waals surface area contributed by atoms with E-state index in [0.717, 1.165) is 31.9 Å². The van der Waals surface area contributed by atoms with Crippen LogP contribution in [-0.4, -0.2) is 45.2 Å². The Hall–Kier alpha value is -2.60. The van der Waals surface area contributed by atoms with Gasteiger partial charge < -0.3 is 19.9 Å². The minimum atomic E-state index is -0.309. The summed E-state index contributed by atoms with van der Waals surface area (Å²) >= 11 is 0. The third-order valence-electron chi connectivity index (χ3n) is 4.96. The molecule has 1 aliphatic heterocycles. The molecule has 1 aliphatic rings. The van der Waals surface area contributed by atoms with Crippen molar-refractivity contribution in [3.05, 3.63) is 54.3 Å². The van der Waals surface area contributed by atoms with Gasteiger partial charge in [-0.1, -0.05) is 0 Å². The molecule has 6 heteroatoms. The van der Waals surface area contributed by atoms with Gasteiger partial charge in [0, 0.05) is 11.4 Å². The molecule has 26 heavy (non-hydrogen) atoms. The first-order chi connectivity index (χ1) is 12.6. The van der Waals surface area contributed by atoms with Crippen LogP contribution in [0.4, 0.5) is 15.8 Å². The third-order valence-corrected chi connectivity index (χ3v) is 4.96. The van der Waals surface area contributed by atoms with Gasteiger partial charge in [0.25, 0.3) is 5.91 Å². The van der Waals surface area contributed by atoms with E-state index in [-0.39, 0.29) is 17.8 Å². The number of hydrogen-bond acceptors (Lipinski definition) is 3. The van der Waals surface area contributed by atoms with Gasteiger partial charge >= 0.3 is 0 Å². The molecule has 0 saturated carbocycles. The largest absolute Gasteiger partial charge is 0.497 e. The van der Waals surface area contributed by atoms with E-state index in [1.54, 1.807) is 19.2 Å². The Morgan fingerprint density at radius 1 is 1.12 bits per heavy atom. The highest BCUT2D eigenvalue weighted by molar-refractivity contribution is 5.93. The van der Waals surface area contributed by atoms with Crippen molar-refractivity contribution in [2.45, 2.75) is 13.0 Å². The number of hydrogen-bond donors (Lipinski definition) is 2. The summed E-state index contributed by atoms with van der Waals surface area (Å²) in [5.74, 6) is 0.505. The van der Waals surface area contributed by atoms with Gasteiger partial charge in [0.05, 0.1) is 33.3 Å². The maximum Gasteiger partial charge on any atom is 0.282 e. The van der Waals surface area contributed by atoms with Crippen LogP contribution in [0, 0.1) is 5.82 Å². The summed E-state index contributed by atoms with van der Waals surface area (Å²) in [5.41, 5.74) is 1.80.